The summed E-state index contributed by atoms with van der Waals surface area (Å²) in [6.07, 6.45) is 1.60. The summed E-state index contributed by atoms with van der Waals surface area (Å²) in [5.41, 5.74) is 1.80. The van der Waals surface area contributed by atoms with E-state index < -0.39 is 0 Å². The van der Waals surface area contributed by atoms with E-state index in [9.17, 15) is 4.79 Å². The average molecular weight is 337 g/mol. The molecule has 0 spiro atoms. The third-order valence-electron chi connectivity index (χ3n) is 2.56. The highest BCUT2D eigenvalue weighted by atomic mass is 79.9. The van der Waals surface area contributed by atoms with Crippen molar-refractivity contribution in [3.8, 4) is 5.88 Å². The largest absolute Gasteiger partial charge is 0.466 e. The number of ether oxygens (including phenoxy) is 1. The Hall–Kier alpha value is -2.02. The molecule has 0 saturated carbocycles. The zero-order valence-corrected chi connectivity index (χ0v) is 12.6. The minimum atomic E-state index is -0.306. The van der Waals surface area contributed by atoms with Crippen LogP contribution in [0.15, 0.2) is 28.9 Å². The van der Waals surface area contributed by atoms with Crippen LogP contribution in [0.1, 0.15) is 11.3 Å². The van der Waals surface area contributed by atoms with E-state index in [1.54, 1.807) is 24.4 Å². The lowest BCUT2D eigenvalue weighted by Crippen LogP contribution is -2.21. The van der Waals surface area contributed by atoms with Gasteiger partial charge in [-0.25, -0.2) is 4.98 Å². The maximum absolute atomic E-state index is 11.7. The van der Waals surface area contributed by atoms with Crippen LogP contribution in [0.4, 0.5) is 5.82 Å². The standard InChI is InChI=1S/C13H13BrN4O2/c1-8-5-13(18-17-9(8)2)20-7-12(19)16-11-4-3-10(14)6-15-11/h3-6H,7H2,1-2H3,(H,15,16,19). The van der Waals surface area contributed by atoms with E-state index in [0.717, 1.165) is 15.7 Å². The summed E-state index contributed by atoms with van der Waals surface area (Å²) in [5.74, 6) is 0.486. The number of nitrogens with zero attached hydrogens (tertiary/aromatic N) is 3. The zero-order valence-electron chi connectivity index (χ0n) is 11.1. The Bertz CT molecular complexity index is 616. The topological polar surface area (TPSA) is 77.0 Å². The predicted molar refractivity (Wildman–Crippen MR) is 77.6 cm³/mol. The van der Waals surface area contributed by atoms with E-state index in [-0.39, 0.29) is 12.5 Å². The predicted octanol–water partition coefficient (Wildman–Crippen LogP) is 2.27. The monoisotopic (exact) mass is 336 g/mol. The maximum atomic E-state index is 11.7. The van der Waals surface area contributed by atoms with Crippen LogP contribution in [0.3, 0.4) is 0 Å². The molecule has 1 amide bonds. The summed E-state index contributed by atoms with van der Waals surface area (Å²) < 4.78 is 6.12. The van der Waals surface area contributed by atoms with Crippen molar-refractivity contribution >= 4 is 27.7 Å². The number of amides is 1. The normalized spacial score (nSPS) is 10.2. The smallest absolute Gasteiger partial charge is 0.263 e. The van der Waals surface area contributed by atoms with Crippen LogP contribution in [0.25, 0.3) is 0 Å². The molecule has 7 heteroatoms. The van der Waals surface area contributed by atoms with Gasteiger partial charge in [0, 0.05) is 16.7 Å². The van der Waals surface area contributed by atoms with Gasteiger partial charge in [-0.05, 0) is 47.5 Å². The molecule has 0 atom stereocenters. The quantitative estimate of drug-likeness (QED) is 0.926. The van der Waals surface area contributed by atoms with Crippen LogP contribution >= 0.6 is 15.9 Å². The number of halogens is 1. The number of hydrogen-bond donors (Lipinski definition) is 1. The van der Waals surface area contributed by atoms with Gasteiger partial charge in [0.1, 0.15) is 5.82 Å². The molecule has 2 rings (SSSR count). The van der Waals surface area contributed by atoms with Gasteiger partial charge in [-0.15, -0.1) is 5.10 Å². The molecular weight excluding hydrogens is 324 g/mol. The Morgan fingerprint density at radius 2 is 2.15 bits per heavy atom. The van der Waals surface area contributed by atoms with E-state index in [1.807, 2.05) is 13.8 Å². The lowest BCUT2D eigenvalue weighted by atomic mass is 10.2. The molecular formula is C13H13BrN4O2. The highest BCUT2D eigenvalue weighted by Crippen LogP contribution is 2.11. The fraction of sp³-hybridized carbons (Fsp3) is 0.231. The first-order valence-corrected chi connectivity index (χ1v) is 6.69. The van der Waals surface area contributed by atoms with E-state index in [0.29, 0.717) is 11.7 Å². The van der Waals surface area contributed by atoms with Crippen LogP contribution in [-0.4, -0.2) is 27.7 Å². The van der Waals surface area contributed by atoms with Gasteiger partial charge in [-0.3, -0.25) is 4.79 Å². The second kappa shape index (κ2) is 6.42. The third-order valence-corrected chi connectivity index (χ3v) is 3.02. The van der Waals surface area contributed by atoms with Crippen molar-refractivity contribution in [1.29, 1.82) is 0 Å². The first kappa shape index (κ1) is 14.4. The third kappa shape index (κ3) is 3.99. The molecule has 0 aliphatic heterocycles. The first-order valence-electron chi connectivity index (χ1n) is 5.90. The summed E-state index contributed by atoms with van der Waals surface area (Å²) in [4.78, 5) is 15.7. The van der Waals surface area contributed by atoms with Crippen molar-refractivity contribution < 1.29 is 9.53 Å². The van der Waals surface area contributed by atoms with Crippen LogP contribution in [0.2, 0.25) is 0 Å². The Morgan fingerprint density at radius 1 is 1.35 bits per heavy atom. The van der Waals surface area contributed by atoms with Crippen molar-refractivity contribution in [2.75, 3.05) is 11.9 Å². The number of rotatable bonds is 4. The van der Waals surface area contributed by atoms with E-state index in [2.05, 4.69) is 36.4 Å². The molecule has 0 aliphatic rings. The Balaban J connectivity index is 1.88. The van der Waals surface area contributed by atoms with Crippen LogP contribution in [0.5, 0.6) is 5.88 Å². The Kier molecular flexibility index (Phi) is 4.62. The molecule has 20 heavy (non-hydrogen) atoms. The van der Waals surface area contributed by atoms with Crippen LogP contribution < -0.4 is 10.1 Å². The molecule has 2 aromatic heterocycles. The van der Waals surface area contributed by atoms with Crippen molar-refractivity contribution in [2.24, 2.45) is 0 Å². The lowest BCUT2D eigenvalue weighted by molar-refractivity contribution is -0.118. The summed E-state index contributed by atoms with van der Waals surface area (Å²) in [5, 5.41) is 10.4. The molecule has 0 bridgehead atoms. The molecule has 6 nitrogen and oxygen atoms in total. The molecule has 0 aromatic carbocycles. The molecule has 1 N–H and O–H groups in total. The van der Waals surface area contributed by atoms with E-state index in [4.69, 9.17) is 4.74 Å². The van der Waals surface area contributed by atoms with Crippen LogP contribution in [0, 0.1) is 13.8 Å². The zero-order chi connectivity index (χ0) is 14.5. The number of anilines is 1. The van der Waals surface area contributed by atoms with Crippen molar-refractivity contribution in [1.82, 2.24) is 15.2 Å². The lowest BCUT2D eigenvalue weighted by Gasteiger charge is -2.07. The molecule has 2 heterocycles. The molecule has 0 aliphatic carbocycles. The number of carbonyl (C=O) groups excluding carboxylic acids is 1. The molecule has 2 aromatic rings. The average Bonchev–Trinajstić information content (AvgIpc) is 2.43. The molecule has 0 radical (unpaired) electrons. The molecule has 0 saturated heterocycles. The fourth-order valence-electron chi connectivity index (χ4n) is 1.36. The Morgan fingerprint density at radius 3 is 2.80 bits per heavy atom. The maximum Gasteiger partial charge on any atom is 0.263 e. The van der Waals surface area contributed by atoms with E-state index >= 15 is 0 Å². The second-order valence-electron chi connectivity index (χ2n) is 4.15. The summed E-state index contributed by atoms with van der Waals surface area (Å²) in [6, 6.07) is 5.23. The number of aryl methyl sites for hydroxylation is 2. The van der Waals surface area contributed by atoms with Gasteiger partial charge in [-0.2, -0.15) is 5.10 Å². The number of nitrogens with one attached hydrogen (secondary N) is 1. The summed E-state index contributed by atoms with van der Waals surface area (Å²) >= 11 is 3.27. The van der Waals surface area contributed by atoms with Gasteiger partial charge >= 0.3 is 0 Å². The second-order valence-corrected chi connectivity index (χ2v) is 5.07. The first-order chi connectivity index (χ1) is 9.54. The number of pyridine rings is 1. The van der Waals surface area contributed by atoms with Crippen molar-refractivity contribution in [3.05, 3.63) is 40.1 Å². The van der Waals surface area contributed by atoms with Gasteiger partial charge in [0.05, 0.1) is 5.69 Å². The number of hydrogen-bond acceptors (Lipinski definition) is 5. The van der Waals surface area contributed by atoms with Gasteiger partial charge in [-0.1, -0.05) is 0 Å². The van der Waals surface area contributed by atoms with Gasteiger partial charge in [0.25, 0.3) is 5.91 Å². The van der Waals surface area contributed by atoms with Crippen molar-refractivity contribution in [2.45, 2.75) is 13.8 Å². The number of carbonyl (C=O) groups is 1. The van der Waals surface area contributed by atoms with E-state index in [1.165, 1.54) is 0 Å². The minimum Gasteiger partial charge on any atom is -0.466 e. The van der Waals surface area contributed by atoms with Crippen LogP contribution in [-0.2, 0) is 4.79 Å². The highest BCUT2D eigenvalue weighted by Gasteiger charge is 2.06. The highest BCUT2D eigenvalue weighted by molar-refractivity contribution is 9.10. The Labute approximate surface area is 124 Å². The molecule has 0 unspecified atom stereocenters. The number of aromatic nitrogens is 3. The van der Waals surface area contributed by atoms with Gasteiger partial charge < -0.3 is 10.1 Å². The van der Waals surface area contributed by atoms with Crippen molar-refractivity contribution in [3.63, 3.8) is 0 Å². The van der Waals surface area contributed by atoms with Gasteiger partial charge in [0.15, 0.2) is 6.61 Å². The summed E-state index contributed by atoms with van der Waals surface area (Å²) in [6.45, 7) is 3.62. The SMILES string of the molecule is Cc1cc(OCC(=O)Nc2ccc(Br)cn2)nnc1C. The molecule has 0 fully saturated rings. The molecule has 104 valence electrons. The fourth-order valence-corrected chi connectivity index (χ4v) is 1.59. The minimum absolute atomic E-state index is 0.144. The van der Waals surface area contributed by atoms with Gasteiger partial charge in [0.2, 0.25) is 5.88 Å². The summed E-state index contributed by atoms with van der Waals surface area (Å²) in [7, 11) is 0.